The Balaban J connectivity index is 1.84. The van der Waals surface area contributed by atoms with E-state index in [4.69, 9.17) is 0 Å². The normalized spacial score (nSPS) is 19.6. The number of sulfone groups is 1. The molecule has 1 aliphatic rings. The van der Waals surface area contributed by atoms with Gasteiger partial charge in [-0.3, -0.25) is 20.4 Å². The summed E-state index contributed by atoms with van der Waals surface area (Å²) in [5.74, 6) is -3.65. The van der Waals surface area contributed by atoms with E-state index in [0.29, 0.717) is 12.5 Å². The second kappa shape index (κ2) is 6.39. The van der Waals surface area contributed by atoms with Crippen molar-refractivity contribution in [3.8, 4) is 0 Å². The largest absolute Gasteiger partial charge is 0.273 e. The molecule has 1 aromatic rings. The molecule has 0 bridgehead atoms. The number of benzene rings is 1. The molecule has 120 valence electrons. The van der Waals surface area contributed by atoms with Gasteiger partial charge in [-0.15, -0.1) is 0 Å². The van der Waals surface area contributed by atoms with Crippen LogP contribution >= 0.6 is 0 Å². The molecule has 2 amide bonds. The van der Waals surface area contributed by atoms with Gasteiger partial charge in [0.25, 0.3) is 5.91 Å². The van der Waals surface area contributed by atoms with Crippen LogP contribution in [-0.2, 0) is 14.6 Å². The number of amides is 2. The van der Waals surface area contributed by atoms with E-state index in [0.717, 1.165) is 12.1 Å². The molecular weight excluding hydrogens is 318 g/mol. The molecule has 2 rings (SSSR count). The van der Waals surface area contributed by atoms with Crippen LogP contribution in [-0.4, -0.2) is 31.7 Å². The summed E-state index contributed by atoms with van der Waals surface area (Å²) < 4.78 is 48.6. The van der Waals surface area contributed by atoms with Crippen molar-refractivity contribution in [2.45, 2.75) is 12.8 Å². The molecule has 1 saturated heterocycles. The van der Waals surface area contributed by atoms with E-state index in [1.165, 1.54) is 0 Å². The van der Waals surface area contributed by atoms with Crippen molar-refractivity contribution in [3.63, 3.8) is 0 Å². The SMILES string of the molecule is O=C(C[C@@H]1CCS(=O)(=O)C1)NNC(=O)c1ccc(F)cc1F. The summed E-state index contributed by atoms with van der Waals surface area (Å²) in [6, 6.07) is 2.43. The number of hydrazine groups is 1. The van der Waals surface area contributed by atoms with Crippen LogP contribution in [0.2, 0.25) is 0 Å². The lowest BCUT2D eigenvalue weighted by atomic mass is 10.1. The van der Waals surface area contributed by atoms with Crippen molar-refractivity contribution in [1.29, 1.82) is 0 Å². The molecule has 0 aromatic heterocycles. The van der Waals surface area contributed by atoms with Gasteiger partial charge in [0.1, 0.15) is 11.6 Å². The van der Waals surface area contributed by atoms with E-state index in [1.807, 2.05) is 5.43 Å². The van der Waals surface area contributed by atoms with Gasteiger partial charge < -0.3 is 0 Å². The number of carbonyl (C=O) groups is 2. The average molecular weight is 332 g/mol. The Morgan fingerprint density at radius 1 is 1.23 bits per heavy atom. The smallest absolute Gasteiger partial charge is 0.272 e. The third-order valence-corrected chi connectivity index (χ3v) is 5.13. The molecule has 1 fully saturated rings. The molecule has 1 heterocycles. The molecule has 0 unspecified atom stereocenters. The Labute approximate surface area is 125 Å². The lowest BCUT2D eigenvalue weighted by molar-refractivity contribution is -0.122. The monoisotopic (exact) mass is 332 g/mol. The van der Waals surface area contributed by atoms with Gasteiger partial charge in [0.15, 0.2) is 9.84 Å². The summed E-state index contributed by atoms with van der Waals surface area (Å²) >= 11 is 0. The molecular formula is C13H14F2N2O4S. The summed E-state index contributed by atoms with van der Waals surface area (Å²) in [5, 5.41) is 0. The maximum Gasteiger partial charge on any atom is 0.272 e. The average Bonchev–Trinajstić information content (AvgIpc) is 2.75. The predicted octanol–water partition coefficient (Wildman–Crippen LogP) is 0.551. The second-order valence-corrected chi connectivity index (χ2v) is 7.33. The van der Waals surface area contributed by atoms with E-state index in [9.17, 15) is 26.8 Å². The molecule has 1 aliphatic heterocycles. The molecule has 0 spiro atoms. The highest BCUT2D eigenvalue weighted by atomic mass is 32.2. The fourth-order valence-electron chi connectivity index (χ4n) is 2.21. The zero-order valence-electron chi connectivity index (χ0n) is 11.4. The molecule has 9 heteroatoms. The molecule has 1 aromatic carbocycles. The van der Waals surface area contributed by atoms with Gasteiger partial charge in [0.2, 0.25) is 5.91 Å². The Bertz CT molecular complexity index is 706. The Morgan fingerprint density at radius 3 is 2.55 bits per heavy atom. The lowest BCUT2D eigenvalue weighted by Gasteiger charge is -2.10. The topological polar surface area (TPSA) is 92.3 Å². The Morgan fingerprint density at radius 2 is 1.95 bits per heavy atom. The maximum absolute atomic E-state index is 13.4. The molecule has 1 atom stereocenters. The van der Waals surface area contributed by atoms with Crippen molar-refractivity contribution in [3.05, 3.63) is 35.4 Å². The van der Waals surface area contributed by atoms with Gasteiger partial charge in [-0.25, -0.2) is 17.2 Å². The first kappa shape index (κ1) is 16.3. The molecule has 2 N–H and O–H groups in total. The summed E-state index contributed by atoms with van der Waals surface area (Å²) in [6.45, 7) is 0. The quantitative estimate of drug-likeness (QED) is 0.791. The van der Waals surface area contributed by atoms with E-state index in [2.05, 4.69) is 5.43 Å². The fourth-order valence-corrected chi connectivity index (χ4v) is 4.08. The minimum atomic E-state index is -3.08. The Hall–Kier alpha value is -2.03. The third-order valence-electron chi connectivity index (χ3n) is 3.29. The summed E-state index contributed by atoms with van der Waals surface area (Å²) in [7, 11) is -3.08. The minimum absolute atomic E-state index is 0.0502. The van der Waals surface area contributed by atoms with Gasteiger partial charge >= 0.3 is 0 Å². The molecule has 6 nitrogen and oxygen atoms in total. The number of halogens is 2. The number of rotatable bonds is 3. The zero-order valence-corrected chi connectivity index (χ0v) is 12.3. The first-order valence-corrected chi connectivity index (χ1v) is 8.33. The first-order valence-electron chi connectivity index (χ1n) is 6.51. The molecule has 22 heavy (non-hydrogen) atoms. The standard InChI is InChI=1S/C13H14F2N2O4S/c14-9-1-2-10(11(15)6-9)13(19)17-16-12(18)5-8-3-4-22(20,21)7-8/h1-2,6,8H,3-5,7H2,(H,16,18)(H,17,19)/t8-/m0/s1. The maximum atomic E-state index is 13.4. The molecule has 0 radical (unpaired) electrons. The van der Waals surface area contributed by atoms with E-state index < -0.39 is 38.8 Å². The number of nitrogens with one attached hydrogen (secondary N) is 2. The van der Waals surface area contributed by atoms with Crippen LogP contribution in [0, 0.1) is 17.6 Å². The summed E-state index contributed by atoms with van der Waals surface area (Å²) in [5.41, 5.74) is 3.67. The van der Waals surface area contributed by atoms with Crippen LogP contribution in [0.4, 0.5) is 8.78 Å². The third kappa shape index (κ3) is 4.23. The molecule has 0 aliphatic carbocycles. The van der Waals surface area contributed by atoms with Gasteiger partial charge in [0, 0.05) is 12.5 Å². The highest BCUT2D eigenvalue weighted by Gasteiger charge is 2.29. The lowest BCUT2D eigenvalue weighted by Crippen LogP contribution is -2.42. The first-order chi connectivity index (χ1) is 10.3. The second-order valence-electron chi connectivity index (χ2n) is 5.10. The van der Waals surface area contributed by atoms with Crippen LogP contribution in [0.25, 0.3) is 0 Å². The van der Waals surface area contributed by atoms with Crippen LogP contribution in [0.3, 0.4) is 0 Å². The Kier molecular flexibility index (Phi) is 4.74. The number of carbonyl (C=O) groups excluding carboxylic acids is 2. The van der Waals surface area contributed by atoms with Crippen LogP contribution in [0.1, 0.15) is 23.2 Å². The zero-order chi connectivity index (χ0) is 16.3. The summed E-state index contributed by atoms with van der Waals surface area (Å²) in [6.07, 6.45) is 0.349. The highest BCUT2D eigenvalue weighted by molar-refractivity contribution is 7.91. The van der Waals surface area contributed by atoms with Crippen LogP contribution in [0.5, 0.6) is 0 Å². The minimum Gasteiger partial charge on any atom is -0.273 e. The van der Waals surface area contributed by atoms with E-state index in [1.54, 1.807) is 0 Å². The van der Waals surface area contributed by atoms with Crippen LogP contribution < -0.4 is 10.9 Å². The highest BCUT2D eigenvalue weighted by Crippen LogP contribution is 2.21. The van der Waals surface area contributed by atoms with Crippen molar-refractivity contribution in [2.75, 3.05) is 11.5 Å². The van der Waals surface area contributed by atoms with Gasteiger partial charge in [-0.1, -0.05) is 0 Å². The van der Waals surface area contributed by atoms with Crippen molar-refractivity contribution in [1.82, 2.24) is 10.9 Å². The van der Waals surface area contributed by atoms with Gasteiger partial charge in [0.05, 0.1) is 17.1 Å². The van der Waals surface area contributed by atoms with E-state index in [-0.39, 0.29) is 23.8 Å². The van der Waals surface area contributed by atoms with Crippen molar-refractivity contribution >= 4 is 21.7 Å². The van der Waals surface area contributed by atoms with Gasteiger partial charge in [-0.05, 0) is 24.5 Å². The summed E-state index contributed by atoms with van der Waals surface area (Å²) in [4.78, 5) is 23.2. The number of hydrogen-bond donors (Lipinski definition) is 2. The molecule has 0 saturated carbocycles. The predicted molar refractivity (Wildman–Crippen MR) is 73.3 cm³/mol. The fraction of sp³-hybridized carbons (Fsp3) is 0.385. The van der Waals surface area contributed by atoms with Crippen molar-refractivity contribution < 1.29 is 26.8 Å². The number of hydrogen-bond acceptors (Lipinski definition) is 4. The van der Waals surface area contributed by atoms with E-state index >= 15 is 0 Å². The van der Waals surface area contributed by atoms with Gasteiger partial charge in [-0.2, -0.15) is 0 Å². The van der Waals surface area contributed by atoms with Crippen molar-refractivity contribution in [2.24, 2.45) is 5.92 Å². The van der Waals surface area contributed by atoms with Crippen LogP contribution in [0.15, 0.2) is 18.2 Å².